The topological polar surface area (TPSA) is 183 Å². The van der Waals surface area contributed by atoms with Crippen molar-refractivity contribution in [3.63, 3.8) is 0 Å². The first kappa shape index (κ1) is 16.1. The monoisotopic (exact) mass is 325 g/mol. The minimum Gasteiger partial charge on any atom is -0.394 e. The maximum absolute atomic E-state index is 11.9. The largest absolute Gasteiger partial charge is 0.394 e. The number of carbonyl (C=O) groups is 1. The van der Waals surface area contributed by atoms with Crippen molar-refractivity contribution in [2.75, 3.05) is 6.61 Å². The number of aliphatic hydroxyl groups excluding tert-OH is 3. The third-order valence-corrected chi connectivity index (χ3v) is 4.33. The Kier molecular flexibility index (Phi) is 3.96. The number of nitrogens with one attached hydrogen (secondary N) is 1. The molecule has 120 valence electrons. The Morgan fingerprint density at radius 3 is 2.48 bits per heavy atom. The maximum atomic E-state index is 11.9. The number of nitrogens with zero attached hydrogens (tertiary/aromatic N) is 1. The maximum Gasteiger partial charge on any atom is 0.326 e. The molecule has 0 aromatic rings. The summed E-state index contributed by atoms with van der Waals surface area (Å²) in [6, 6.07) is -1.08. The third kappa shape index (κ3) is 2.62. The minimum atomic E-state index is -4.81. The number of rotatable bonds is 3. The molecule has 2 heterocycles. The highest BCUT2D eigenvalue weighted by molar-refractivity contribution is 7.87. The van der Waals surface area contributed by atoms with Crippen molar-refractivity contribution in [3.05, 3.63) is 12.3 Å². The Bertz CT molecular complexity index is 565. The fraction of sp³-hybridized carbons (Fsp3) is 0.667. The fourth-order valence-corrected chi connectivity index (χ4v) is 2.44. The average molecular weight is 325 g/mol. The van der Waals surface area contributed by atoms with Gasteiger partial charge in [0.1, 0.15) is 18.3 Å². The van der Waals surface area contributed by atoms with Crippen LogP contribution in [-0.2, 0) is 14.9 Å². The molecule has 0 aromatic carbocycles. The van der Waals surface area contributed by atoms with Crippen molar-refractivity contribution in [2.24, 2.45) is 5.73 Å². The van der Waals surface area contributed by atoms with E-state index < -0.39 is 52.3 Å². The van der Waals surface area contributed by atoms with Gasteiger partial charge in [0.25, 0.3) is 0 Å². The molecule has 11 nitrogen and oxygen atoms in total. The number of ether oxygens (including phenoxy) is 1. The molecule has 1 saturated heterocycles. The summed E-state index contributed by atoms with van der Waals surface area (Å²) in [5, 5.41) is 30.2. The molecule has 5 atom stereocenters. The van der Waals surface area contributed by atoms with E-state index in [0.29, 0.717) is 0 Å². The molecule has 0 aliphatic carbocycles. The summed E-state index contributed by atoms with van der Waals surface area (Å²) in [7, 11) is -4.81. The molecule has 12 heteroatoms. The molecule has 0 saturated carbocycles. The Morgan fingerprint density at radius 2 is 2.05 bits per heavy atom. The molecule has 0 spiro atoms. The van der Waals surface area contributed by atoms with Crippen LogP contribution < -0.4 is 11.1 Å². The van der Waals surface area contributed by atoms with Crippen LogP contribution in [0.3, 0.4) is 0 Å². The molecule has 1 fully saturated rings. The van der Waals surface area contributed by atoms with E-state index in [-0.39, 0.29) is 0 Å². The van der Waals surface area contributed by atoms with Crippen LogP contribution in [0, 0.1) is 0 Å². The highest BCUT2D eigenvalue weighted by Crippen LogP contribution is 2.26. The molecule has 0 radical (unpaired) electrons. The van der Waals surface area contributed by atoms with E-state index in [4.69, 9.17) is 20.1 Å². The van der Waals surface area contributed by atoms with Gasteiger partial charge in [-0.25, -0.2) is 4.79 Å². The van der Waals surface area contributed by atoms with Crippen LogP contribution in [0.25, 0.3) is 0 Å². The summed E-state index contributed by atoms with van der Waals surface area (Å²) < 4.78 is 36.2. The van der Waals surface area contributed by atoms with Crippen LogP contribution in [0.5, 0.6) is 0 Å². The lowest BCUT2D eigenvalue weighted by Gasteiger charge is -2.35. The summed E-state index contributed by atoms with van der Waals surface area (Å²) in [5.74, 6) is 0. The summed E-state index contributed by atoms with van der Waals surface area (Å²) in [4.78, 5) is 10.1. The average Bonchev–Trinajstić information content (AvgIpc) is 2.65. The summed E-state index contributed by atoms with van der Waals surface area (Å²) in [6.45, 7) is -0.584. The normalized spacial score (nSPS) is 40.4. The van der Waals surface area contributed by atoms with Crippen molar-refractivity contribution in [2.45, 2.75) is 29.5 Å². The molecular formula is C9H15N3O8S. The number of carbonyl (C=O) groups excluding carboxylic acids is 1. The molecule has 2 rings (SSSR count). The van der Waals surface area contributed by atoms with Crippen molar-refractivity contribution >= 4 is 16.1 Å². The van der Waals surface area contributed by atoms with Crippen LogP contribution in [0.1, 0.15) is 0 Å². The van der Waals surface area contributed by atoms with E-state index in [1.165, 1.54) is 0 Å². The second-order valence-corrected chi connectivity index (χ2v) is 6.28. The quantitative estimate of drug-likeness (QED) is 0.286. The molecule has 0 bridgehead atoms. The minimum absolute atomic E-state index is 0.584. The second kappa shape index (κ2) is 5.17. The van der Waals surface area contributed by atoms with Crippen molar-refractivity contribution in [1.82, 2.24) is 10.2 Å². The predicted molar refractivity (Wildman–Crippen MR) is 65.7 cm³/mol. The third-order valence-electron chi connectivity index (χ3n) is 3.24. The number of hydrogen-bond donors (Lipinski definition) is 6. The van der Waals surface area contributed by atoms with Crippen LogP contribution in [0.2, 0.25) is 0 Å². The second-order valence-electron chi connectivity index (χ2n) is 4.65. The van der Waals surface area contributed by atoms with Gasteiger partial charge in [-0.1, -0.05) is 0 Å². The number of urea groups is 1. The van der Waals surface area contributed by atoms with Crippen molar-refractivity contribution < 1.29 is 37.8 Å². The van der Waals surface area contributed by atoms with Crippen molar-refractivity contribution in [3.8, 4) is 0 Å². The van der Waals surface area contributed by atoms with E-state index in [9.17, 15) is 23.4 Å². The van der Waals surface area contributed by atoms with E-state index >= 15 is 0 Å². The zero-order chi connectivity index (χ0) is 16.0. The van der Waals surface area contributed by atoms with Gasteiger partial charge in [0.05, 0.1) is 6.61 Å². The lowest BCUT2D eigenvalue weighted by Crippen LogP contribution is -2.66. The van der Waals surface area contributed by atoms with Gasteiger partial charge in [0.15, 0.2) is 6.23 Å². The molecule has 7 N–H and O–H groups in total. The lowest BCUT2D eigenvalue weighted by atomic mass is 10.1. The summed E-state index contributed by atoms with van der Waals surface area (Å²) in [6.07, 6.45) is -3.72. The van der Waals surface area contributed by atoms with Crippen LogP contribution in [0.15, 0.2) is 12.3 Å². The molecule has 2 aliphatic heterocycles. The molecular weight excluding hydrogens is 310 g/mol. The van der Waals surface area contributed by atoms with Gasteiger partial charge in [0.2, 0.25) is 4.99 Å². The SMILES string of the molecule is NC1(S(=O)(=O)O)C=CN([C@@H]2O[C@H](CO)[C@@H](O)[C@H]2O)C(=O)N1. The highest BCUT2D eigenvalue weighted by atomic mass is 32.2. The van der Waals surface area contributed by atoms with Gasteiger partial charge in [0, 0.05) is 6.20 Å². The molecule has 1 unspecified atom stereocenters. The van der Waals surface area contributed by atoms with Crippen LogP contribution in [-0.4, -0.2) is 75.4 Å². The fourth-order valence-electron chi connectivity index (χ4n) is 1.99. The summed E-state index contributed by atoms with van der Waals surface area (Å²) in [5.41, 5.74) is 5.33. The zero-order valence-electron chi connectivity index (χ0n) is 10.5. The predicted octanol–water partition coefficient (Wildman–Crippen LogP) is -3.54. The van der Waals surface area contributed by atoms with E-state index in [0.717, 1.165) is 17.2 Å². The first-order chi connectivity index (χ1) is 9.60. The lowest BCUT2D eigenvalue weighted by molar-refractivity contribution is -0.0664. The van der Waals surface area contributed by atoms with Gasteiger partial charge >= 0.3 is 16.1 Å². The molecule has 2 amide bonds. The van der Waals surface area contributed by atoms with Gasteiger partial charge in [-0.2, -0.15) is 8.42 Å². The molecule has 2 aliphatic rings. The summed E-state index contributed by atoms with van der Waals surface area (Å²) >= 11 is 0. The van der Waals surface area contributed by atoms with E-state index in [1.807, 2.05) is 5.32 Å². The molecule has 0 aromatic heterocycles. The van der Waals surface area contributed by atoms with Gasteiger partial charge < -0.3 is 25.4 Å². The smallest absolute Gasteiger partial charge is 0.326 e. The van der Waals surface area contributed by atoms with Gasteiger partial charge in [-0.05, 0) is 6.08 Å². The first-order valence-corrected chi connectivity index (χ1v) is 7.23. The Balaban J connectivity index is 2.25. The van der Waals surface area contributed by atoms with Crippen molar-refractivity contribution in [1.29, 1.82) is 0 Å². The Labute approximate surface area is 119 Å². The van der Waals surface area contributed by atoms with E-state index in [2.05, 4.69) is 0 Å². The Hall–Kier alpha value is -1.28. The van der Waals surface area contributed by atoms with Crippen LogP contribution in [0.4, 0.5) is 4.79 Å². The zero-order valence-corrected chi connectivity index (χ0v) is 11.3. The standard InChI is InChI=1S/C9H15N3O8S/c10-9(21(17,18)19)1-2-12(8(16)11-9)7-6(15)5(14)4(3-13)20-7/h1-2,4-7,13-15H,3,10H2,(H,11,16)(H,17,18,19)/t4-,5-,6-,7-,9?/m1/s1. The first-order valence-electron chi connectivity index (χ1n) is 5.79. The van der Waals surface area contributed by atoms with Crippen LogP contribution >= 0.6 is 0 Å². The number of aliphatic hydroxyl groups is 3. The Morgan fingerprint density at radius 1 is 1.43 bits per heavy atom. The molecule has 21 heavy (non-hydrogen) atoms. The van der Waals surface area contributed by atoms with E-state index in [1.54, 1.807) is 0 Å². The number of nitrogens with two attached hydrogens (primary N) is 1. The highest BCUT2D eigenvalue weighted by Gasteiger charge is 2.49. The number of hydrogen-bond acceptors (Lipinski definition) is 8. The number of amides is 2. The van der Waals surface area contributed by atoms with Gasteiger partial charge in [-0.15, -0.1) is 0 Å². The van der Waals surface area contributed by atoms with Gasteiger partial charge in [-0.3, -0.25) is 15.2 Å².